The molecular weight excluding hydrogens is 266 g/mol. The number of hydrogen-bond donors (Lipinski definition) is 1. The van der Waals surface area contributed by atoms with Gasteiger partial charge in [-0.25, -0.2) is 0 Å². The quantitative estimate of drug-likeness (QED) is 0.865. The van der Waals surface area contributed by atoms with Crippen molar-refractivity contribution in [3.63, 3.8) is 0 Å². The van der Waals surface area contributed by atoms with Crippen LogP contribution in [0.2, 0.25) is 0 Å². The summed E-state index contributed by atoms with van der Waals surface area (Å²) in [6.07, 6.45) is 0.764. The van der Waals surface area contributed by atoms with E-state index in [9.17, 15) is 4.79 Å². The summed E-state index contributed by atoms with van der Waals surface area (Å²) in [5.74, 6) is 0.871. The predicted molar refractivity (Wildman–Crippen MR) is 83.5 cm³/mol. The highest BCUT2D eigenvalue weighted by Gasteiger charge is 2.19. The molecule has 0 atom stereocenters. The number of para-hydroxylation sites is 1. The zero-order valence-electron chi connectivity index (χ0n) is 13.0. The number of nitrogens with zero attached hydrogens (tertiary/aromatic N) is 2. The Morgan fingerprint density at radius 2 is 2.00 bits per heavy atom. The molecule has 0 aromatic heterocycles. The summed E-state index contributed by atoms with van der Waals surface area (Å²) < 4.78 is 5.80. The van der Waals surface area contributed by atoms with Crippen molar-refractivity contribution in [3.8, 4) is 5.75 Å². The van der Waals surface area contributed by atoms with Gasteiger partial charge in [0.15, 0.2) is 6.61 Å². The summed E-state index contributed by atoms with van der Waals surface area (Å²) in [5, 5.41) is 0. The number of carbonyl (C=O) groups excluding carboxylic acids is 1. The summed E-state index contributed by atoms with van der Waals surface area (Å²) in [7, 11) is 2.07. The van der Waals surface area contributed by atoms with Gasteiger partial charge in [0.1, 0.15) is 5.75 Å². The highest BCUT2D eigenvalue weighted by atomic mass is 16.5. The minimum Gasteiger partial charge on any atom is -0.483 e. The third-order valence-electron chi connectivity index (χ3n) is 3.90. The van der Waals surface area contributed by atoms with E-state index < -0.39 is 0 Å². The summed E-state index contributed by atoms with van der Waals surface area (Å²) in [5.41, 5.74) is 7.75. The normalized spacial score (nSPS) is 16.0. The van der Waals surface area contributed by atoms with Crippen LogP contribution in [0.25, 0.3) is 0 Å². The number of hydrogen-bond acceptors (Lipinski definition) is 4. The van der Waals surface area contributed by atoms with Crippen molar-refractivity contribution in [2.24, 2.45) is 5.73 Å². The maximum Gasteiger partial charge on any atom is 0.260 e. The number of piperazine rings is 1. The Morgan fingerprint density at radius 1 is 1.29 bits per heavy atom. The molecule has 1 aromatic carbocycles. The number of benzene rings is 1. The van der Waals surface area contributed by atoms with Crippen LogP contribution >= 0.6 is 0 Å². The van der Waals surface area contributed by atoms with Crippen LogP contribution in [0.4, 0.5) is 0 Å². The minimum absolute atomic E-state index is 0.0602. The monoisotopic (exact) mass is 291 g/mol. The zero-order chi connectivity index (χ0) is 15.2. The molecule has 1 heterocycles. The van der Waals surface area contributed by atoms with Crippen LogP contribution in [0.15, 0.2) is 18.2 Å². The van der Waals surface area contributed by atoms with Crippen molar-refractivity contribution in [1.82, 2.24) is 9.80 Å². The number of amides is 1. The second kappa shape index (κ2) is 7.43. The average molecular weight is 291 g/mol. The second-order valence-electron chi connectivity index (χ2n) is 5.57. The molecule has 2 N–H and O–H groups in total. The lowest BCUT2D eigenvalue weighted by Crippen LogP contribution is -2.48. The topological polar surface area (TPSA) is 58.8 Å². The van der Waals surface area contributed by atoms with E-state index in [-0.39, 0.29) is 12.5 Å². The van der Waals surface area contributed by atoms with Crippen LogP contribution in [0.1, 0.15) is 11.1 Å². The largest absolute Gasteiger partial charge is 0.483 e. The first kappa shape index (κ1) is 15.8. The molecule has 21 heavy (non-hydrogen) atoms. The molecule has 0 radical (unpaired) electrons. The minimum atomic E-state index is 0.0602. The molecule has 116 valence electrons. The van der Waals surface area contributed by atoms with Crippen LogP contribution < -0.4 is 10.5 Å². The Balaban J connectivity index is 1.95. The molecule has 2 rings (SSSR count). The number of nitrogens with two attached hydrogens (primary N) is 1. The summed E-state index contributed by atoms with van der Waals surface area (Å²) in [4.78, 5) is 16.3. The Labute approximate surface area is 126 Å². The van der Waals surface area contributed by atoms with Crippen molar-refractivity contribution in [2.75, 3.05) is 46.4 Å². The third kappa shape index (κ3) is 4.19. The molecule has 1 saturated heterocycles. The van der Waals surface area contributed by atoms with Crippen molar-refractivity contribution in [1.29, 1.82) is 0 Å². The van der Waals surface area contributed by atoms with Crippen molar-refractivity contribution in [2.45, 2.75) is 13.3 Å². The Bertz CT molecular complexity index is 482. The second-order valence-corrected chi connectivity index (χ2v) is 5.57. The van der Waals surface area contributed by atoms with E-state index in [4.69, 9.17) is 10.5 Å². The fourth-order valence-electron chi connectivity index (χ4n) is 2.55. The van der Waals surface area contributed by atoms with Gasteiger partial charge in [-0.05, 0) is 38.1 Å². The van der Waals surface area contributed by atoms with E-state index >= 15 is 0 Å². The summed E-state index contributed by atoms with van der Waals surface area (Å²) in [6.45, 7) is 6.08. The van der Waals surface area contributed by atoms with Crippen LogP contribution in [-0.2, 0) is 11.2 Å². The van der Waals surface area contributed by atoms with Gasteiger partial charge >= 0.3 is 0 Å². The lowest BCUT2D eigenvalue weighted by Gasteiger charge is -2.32. The molecule has 0 bridgehead atoms. The Morgan fingerprint density at radius 3 is 2.67 bits per heavy atom. The van der Waals surface area contributed by atoms with E-state index in [1.54, 1.807) is 0 Å². The first-order valence-corrected chi connectivity index (χ1v) is 7.49. The maximum atomic E-state index is 12.2. The molecule has 0 unspecified atom stereocenters. The van der Waals surface area contributed by atoms with Gasteiger partial charge < -0.3 is 20.3 Å². The van der Waals surface area contributed by atoms with Gasteiger partial charge in [-0.3, -0.25) is 4.79 Å². The number of likely N-dealkylation sites (N-methyl/N-ethyl adjacent to an activating group) is 1. The van der Waals surface area contributed by atoms with E-state index in [0.29, 0.717) is 6.54 Å². The summed E-state index contributed by atoms with van der Waals surface area (Å²) in [6, 6.07) is 6.00. The fraction of sp³-hybridized carbons (Fsp3) is 0.562. The maximum absolute atomic E-state index is 12.2. The molecule has 1 aliphatic heterocycles. The van der Waals surface area contributed by atoms with Crippen molar-refractivity contribution in [3.05, 3.63) is 29.3 Å². The molecule has 0 saturated carbocycles. The number of carbonyl (C=O) groups is 1. The van der Waals surface area contributed by atoms with E-state index in [1.165, 1.54) is 0 Å². The molecule has 1 aliphatic rings. The Kier molecular flexibility index (Phi) is 5.59. The zero-order valence-corrected chi connectivity index (χ0v) is 13.0. The van der Waals surface area contributed by atoms with Gasteiger partial charge in [0.2, 0.25) is 0 Å². The van der Waals surface area contributed by atoms with Gasteiger partial charge in [-0.1, -0.05) is 18.2 Å². The van der Waals surface area contributed by atoms with Crippen LogP contribution in [-0.4, -0.2) is 62.1 Å². The molecule has 5 heteroatoms. The first-order valence-electron chi connectivity index (χ1n) is 7.49. The van der Waals surface area contributed by atoms with Gasteiger partial charge in [-0.15, -0.1) is 0 Å². The predicted octanol–water partition coefficient (Wildman–Crippen LogP) is 0.649. The Hall–Kier alpha value is -1.59. The van der Waals surface area contributed by atoms with Crippen LogP contribution in [0.5, 0.6) is 5.75 Å². The van der Waals surface area contributed by atoms with Crippen LogP contribution in [0.3, 0.4) is 0 Å². The van der Waals surface area contributed by atoms with Gasteiger partial charge in [0.25, 0.3) is 5.91 Å². The van der Waals surface area contributed by atoms with E-state index in [1.807, 2.05) is 30.0 Å². The molecule has 0 aliphatic carbocycles. The van der Waals surface area contributed by atoms with Gasteiger partial charge in [-0.2, -0.15) is 0 Å². The molecular formula is C16H25N3O2. The van der Waals surface area contributed by atoms with Gasteiger partial charge in [0.05, 0.1) is 0 Å². The lowest BCUT2D eigenvalue weighted by atomic mass is 10.1. The highest BCUT2D eigenvalue weighted by Crippen LogP contribution is 2.23. The fourth-order valence-corrected chi connectivity index (χ4v) is 2.55. The summed E-state index contributed by atoms with van der Waals surface area (Å²) >= 11 is 0. The highest BCUT2D eigenvalue weighted by molar-refractivity contribution is 5.78. The molecule has 5 nitrogen and oxygen atoms in total. The smallest absolute Gasteiger partial charge is 0.260 e. The standard InChI is InChI=1S/C16H25N3O2/c1-13-4-3-5-14(6-7-17)16(13)21-12-15(20)19-10-8-18(2)9-11-19/h3-5H,6-12,17H2,1-2H3. The number of aryl methyl sites for hydroxylation is 1. The number of rotatable bonds is 5. The average Bonchev–Trinajstić information content (AvgIpc) is 2.47. The molecule has 0 spiro atoms. The van der Waals surface area contributed by atoms with E-state index in [0.717, 1.165) is 49.5 Å². The van der Waals surface area contributed by atoms with Crippen molar-refractivity contribution < 1.29 is 9.53 Å². The van der Waals surface area contributed by atoms with E-state index in [2.05, 4.69) is 11.9 Å². The van der Waals surface area contributed by atoms with Crippen molar-refractivity contribution >= 4 is 5.91 Å². The first-order chi connectivity index (χ1) is 10.1. The molecule has 1 amide bonds. The molecule has 1 fully saturated rings. The molecule has 1 aromatic rings. The third-order valence-corrected chi connectivity index (χ3v) is 3.90. The SMILES string of the molecule is Cc1cccc(CCN)c1OCC(=O)N1CCN(C)CC1. The lowest BCUT2D eigenvalue weighted by molar-refractivity contribution is -0.134. The van der Waals surface area contributed by atoms with Gasteiger partial charge in [0, 0.05) is 26.2 Å². The number of ether oxygens (including phenoxy) is 1. The van der Waals surface area contributed by atoms with Crippen LogP contribution in [0, 0.1) is 6.92 Å².